The number of ether oxygens (including phenoxy) is 1. The van der Waals surface area contributed by atoms with E-state index in [1.807, 2.05) is 0 Å². The van der Waals surface area contributed by atoms with Gasteiger partial charge in [-0.3, -0.25) is 4.99 Å². The first-order valence-corrected chi connectivity index (χ1v) is 8.55. The quantitative estimate of drug-likeness (QED) is 0.461. The number of anilines is 1. The summed E-state index contributed by atoms with van der Waals surface area (Å²) in [5, 5.41) is 6.78. The number of aliphatic imine (C=N–C) groups is 1. The molecule has 1 aromatic carbocycles. The SMILES string of the molecule is CN=C(NCCCOC)NC(C)c1cccc(N2CCCC2)c1. The van der Waals surface area contributed by atoms with E-state index in [2.05, 4.69) is 51.7 Å². The van der Waals surface area contributed by atoms with Crippen LogP contribution in [0, 0.1) is 0 Å². The van der Waals surface area contributed by atoms with Crippen LogP contribution in [-0.4, -0.2) is 46.4 Å². The van der Waals surface area contributed by atoms with E-state index in [1.54, 1.807) is 14.2 Å². The minimum absolute atomic E-state index is 0.214. The normalized spacial score (nSPS) is 16.5. The Hall–Kier alpha value is -1.75. The maximum Gasteiger partial charge on any atom is 0.191 e. The molecule has 1 saturated heterocycles. The Bertz CT molecular complexity index is 498. The summed E-state index contributed by atoms with van der Waals surface area (Å²) in [6, 6.07) is 9.04. The molecule has 1 aliphatic heterocycles. The van der Waals surface area contributed by atoms with Crippen molar-refractivity contribution in [1.82, 2.24) is 10.6 Å². The van der Waals surface area contributed by atoms with Gasteiger partial charge in [0.25, 0.3) is 0 Å². The maximum atomic E-state index is 5.06. The maximum absolute atomic E-state index is 5.06. The molecular weight excluding hydrogens is 288 g/mol. The first-order chi connectivity index (χ1) is 11.2. The van der Waals surface area contributed by atoms with Crippen molar-refractivity contribution < 1.29 is 4.74 Å². The lowest BCUT2D eigenvalue weighted by Crippen LogP contribution is -2.39. The molecule has 0 amide bonds. The summed E-state index contributed by atoms with van der Waals surface area (Å²) >= 11 is 0. The van der Waals surface area contributed by atoms with E-state index >= 15 is 0 Å². The van der Waals surface area contributed by atoms with Gasteiger partial charge in [0.15, 0.2) is 5.96 Å². The topological polar surface area (TPSA) is 48.9 Å². The minimum atomic E-state index is 0.214. The molecule has 2 N–H and O–H groups in total. The number of nitrogens with one attached hydrogen (secondary N) is 2. The van der Waals surface area contributed by atoms with Gasteiger partial charge in [-0.1, -0.05) is 12.1 Å². The van der Waals surface area contributed by atoms with E-state index < -0.39 is 0 Å². The van der Waals surface area contributed by atoms with Gasteiger partial charge in [-0.05, 0) is 43.9 Å². The van der Waals surface area contributed by atoms with Gasteiger partial charge < -0.3 is 20.3 Å². The van der Waals surface area contributed by atoms with Gasteiger partial charge in [0, 0.05) is 46.1 Å². The van der Waals surface area contributed by atoms with Gasteiger partial charge in [0.2, 0.25) is 0 Å². The van der Waals surface area contributed by atoms with E-state index in [0.29, 0.717) is 0 Å². The Balaban J connectivity index is 1.91. The number of rotatable bonds is 7. The summed E-state index contributed by atoms with van der Waals surface area (Å²) in [7, 11) is 3.53. The van der Waals surface area contributed by atoms with Crippen LogP contribution in [0.25, 0.3) is 0 Å². The molecule has 1 fully saturated rings. The highest BCUT2D eigenvalue weighted by molar-refractivity contribution is 5.80. The van der Waals surface area contributed by atoms with Crippen molar-refractivity contribution in [2.75, 3.05) is 45.3 Å². The highest BCUT2D eigenvalue weighted by Gasteiger charge is 2.14. The molecule has 0 spiro atoms. The molecule has 0 bridgehead atoms. The summed E-state index contributed by atoms with van der Waals surface area (Å²) in [6.07, 6.45) is 3.57. The van der Waals surface area contributed by atoms with Crippen LogP contribution >= 0.6 is 0 Å². The average molecular weight is 318 g/mol. The fourth-order valence-electron chi connectivity index (χ4n) is 2.87. The van der Waals surface area contributed by atoms with Crippen molar-refractivity contribution in [3.05, 3.63) is 29.8 Å². The van der Waals surface area contributed by atoms with Crippen LogP contribution in [0.15, 0.2) is 29.3 Å². The third-order valence-corrected chi connectivity index (χ3v) is 4.24. The Morgan fingerprint density at radius 1 is 1.35 bits per heavy atom. The fraction of sp³-hybridized carbons (Fsp3) is 0.611. The smallest absolute Gasteiger partial charge is 0.191 e. The predicted molar refractivity (Wildman–Crippen MR) is 97.3 cm³/mol. The predicted octanol–water partition coefficient (Wildman–Crippen LogP) is 2.55. The molecule has 0 aromatic heterocycles. The van der Waals surface area contributed by atoms with Gasteiger partial charge in [0.1, 0.15) is 0 Å². The van der Waals surface area contributed by atoms with Crippen molar-refractivity contribution in [3.63, 3.8) is 0 Å². The lowest BCUT2D eigenvalue weighted by atomic mass is 10.1. The lowest BCUT2D eigenvalue weighted by Gasteiger charge is -2.22. The molecule has 2 rings (SSSR count). The van der Waals surface area contributed by atoms with E-state index in [-0.39, 0.29) is 6.04 Å². The third-order valence-electron chi connectivity index (χ3n) is 4.24. The van der Waals surface area contributed by atoms with Crippen LogP contribution in [0.1, 0.15) is 37.8 Å². The number of nitrogens with zero attached hydrogens (tertiary/aromatic N) is 2. The Kier molecular flexibility index (Phi) is 7.20. The Morgan fingerprint density at radius 3 is 2.83 bits per heavy atom. The van der Waals surface area contributed by atoms with Crippen LogP contribution < -0.4 is 15.5 Å². The van der Waals surface area contributed by atoms with E-state index in [4.69, 9.17) is 4.74 Å². The van der Waals surface area contributed by atoms with Gasteiger partial charge in [-0.15, -0.1) is 0 Å². The molecule has 0 saturated carbocycles. The largest absolute Gasteiger partial charge is 0.385 e. The van der Waals surface area contributed by atoms with Crippen LogP contribution in [0.4, 0.5) is 5.69 Å². The van der Waals surface area contributed by atoms with Crippen molar-refractivity contribution in [2.24, 2.45) is 4.99 Å². The lowest BCUT2D eigenvalue weighted by molar-refractivity contribution is 0.195. The number of benzene rings is 1. The average Bonchev–Trinajstić information content (AvgIpc) is 3.12. The highest BCUT2D eigenvalue weighted by Crippen LogP contribution is 2.23. The molecule has 1 aliphatic rings. The number of hydrogen-bond donors (Lipinski definition) is 2. The number of hydrogen-bond acceptors (Lipinski definition) is 3. The van der Waals surface area contributed by atoms with Crippen molar-refractivity contribution in [2.45, 2.75) is 32.2 Å². The Morgan fingerprint density at radius 2 is 2.13 bits per heavy atom. The summed E-state index contributed by atoms with van der Waals surface area (Å²) < 4.78 is 5.06. The standard InChI is InChI=1S/C18H30N4O/c1-15(21-18(19-2)20-10-7-13-23-3)16-8-6-9-17(14-16)22-11-4-5-12-22/h6,8-9,14-15H,4-5,7,10-13H2,1-3H3,(H2,19,20,21). The summed E-state index contributed by atoms with van der Waals surface area (Å²) in [4.78, 5) is 6.76. The van der Waals surface area contributed by atoms with Gasteiger partial charge in [0.05, 0.1) is 6.04 Å². The van der Waals surface area contributed by atoms with E-state index in [1.165, 1.54) is 37.2 Å². The second-order valence-electron chi connectivity index (χ2n) is 6.00. The van der Waals surface area contributed by atoms with E-state index in [0.717, 1.165) is 25.5 Å². The zero-order chi connectivity index (χ0) is 16.5. The zero-order valence-corrected chi connectivity index (χ0v) is 14.6. The second kappa shape index (κ2) is 9.40. The van der Waals surface area contributed by atoms with Gasteiger partial charge in [-0.25, -0.2) is 0 Å². The molecule has 5 nitrogen and oxygen atoms in total. The summed E-state index contributed by atoms with van der Waals surface area (Å²) in [6.45, 7) is 6.14. The number of guanidine groups is 1. The fourth-order valence-corrected chi connectivity index (χ4v) is 2.87. The molecule has 1 atom stereocenters. The van der Waals surface area contributed by atoms with Crippen LogP contribution in [0.5, 0.6) is 0 Å². The summed E-state index contributed by atoms with van der Waals surface area (Å²) in [5.74, 6) is 0.833. The summed E-state index contributed by atoms with van der Waals surface area (Å²) in [5.41, 5.74) is 2.62. The van der Waals surface area contributed by atoms with Crippen LogP contribution in [0.2, 0.25) is 0 Å². The third kappa shape index (κ3) is 5.43. The van der Waals surface area contributed by atoms with Crippen LogP contribution in [0.3, 0.4) is 0 Å². The first kappa shape index (κ1) is 17.6. The zero-order valence-electron chi connectivity index (χ0n) is 14.6. The highest BCUT2D eigenvalue weighted by atomic mass is 16.5. The molecule has 0 radical (unpaired) electrons. The van der Waals surface area contributed by atoms with Gasteiger partial charge in [-0.2, -0.15) is 0 Å². The molecule has 128 valence electrons. The monoisotopic (exact) mass is 318 g/mol. The molecule has 1 aromatic rings. The minimum Gasteiger partial charge on any atom is -0.385 e. The van der Waals surface area contributed by atoms with Gasteiger partial charge >= 0.3 is 0 Å². The molecule has 0 aliphatic carbocycles. The second-order valence-corrected chi connectivity index (χ2v) is 6.00. The molecule has 5 heteroatoms. The first-order valence-electron chi connectivity index (χ1n) is 8.55. The molecule has 23 heavy (non-hydrogen) atoms. The molecular formula is C18H30N4O. The van der Waals surface area contributed by atoms with Crippen molar-refractivity contribution in [1.29, 1.82) is 0 Å². The molecule has 1 heterocycles. The van der Waals surface area contributed by atoms with Crippen molar-refractivity contribution in [3.8, 4) is 0 Å². The van der Waals surface area contributed by atoms with E-state index in [9.17, 15) is 0 Å². The number of methoxy groups -OCH3 is 1. The van der Waals surface area contributed by atoms with Crippen LogP contribution in [-0.2, 0) is 4.74 Å². The Labute approximate surface area is 140 Å². The van der Waals surface area contributed by atoms with Crippen molar-refractivity contribution >= 4 is 11.6 Å². The molecule has 1 unspecified atom stereocenters.